The minimum Gasteiger partial charge on any atom is -0.494 e. The number of rotatable bonds is 6. The van der Waals surface area contributed by atoms with Crippen molar-refractivity contribution in [3.8, 4) is 5.75 Å². The molecule has 2 aromatic rings. The third-order valence-corrected chi connectivity index (χ3v) is 6.59. The summed E-state index contributed by atoms with van der Waals surface area (Å²) in [4.78, 5) is 4.48. The van der Waals surface area contributed by atoms with Crippen LogP contribution in [0.4, 0.5) is 22.9 Å². The van der Waals surface area contributed by atoms with Crippen LogP contribution in [0.25, 0.3) is 0 Å². The summed E-state index contributed by atoms with van der Waals surface area (Å²) in [6.07, 6.45) is 0.646. The number of hydrogen-bond acceptors (Lipinski definition) is 8. The summed E-state index contributed by atoms with van der Waals surface area (Å²) in [6.45, 7) is 2.08. The molecule has 0 spiro atoms. The number of nitrogens with two attached hydrogens (primary N) is 2. The van der Waals surface area contributed by atoms with E-state index in [1.807, 2.05) is 18.2 Å². The molecule has 6 N–H and O–H groups in total. The van der Waals surface area contributed by atoms with Crippen molar-refractivity contribution in [2.75, 3.05) is 29.5 Å². The lowest BCUT2D eigenvalue weighted by Crippen LogP contribution is -2.26. The number of aromatic nitrogens is 1. The lowest BCUT2D eigenvalue weighted by atomic mass is 10.1. The third kappa shape index (κ3) is 4.14. The van der Waals surface area contributed by atoms with Gasteiger partial charge in [-0.3, -0.25) is 0 Å². The van der Waals surface area contributed by atoms with Crippen molar-refractivity contribution >= 4 is 68.7 Å². The first-order chi connectivity index (χ1) is 13.3. The molecule has 1 aromatic carbocycles. The van der Waals surface area contributed by atoms with Crippen LogP contribution < -0.4 is 31.6 Å². The Morgan fingerprint density at radius 1 is 1.50 bits per heavy atom. The van der Waals surface area contributed by atoms with Crippen LogP contribution in [0.15, 0.2) is 29.4 Å². The number of hydrazone groups is 1. The molecule has 0 amide bonds. The molecule has 3 rings (SSSR count). The fourth-order valence-corrected chi connectivity index (χ4v) is 5.49. The van der Waals surface area contributed by atoms with Crippen LogP contribution in [0.5, 0.6) is 5.75 Å². The summed E-state index contributed by atoms with van der Waals surface area (Å²) in [5.41, 5.74) is 9.09. The number of benzene rings is 1. The molecular weight excluding hydrogens is 514 g/mol. The lowest BCUT2D eigenvalue weighted by molar-refractivity contribution is 0.371. The first kappa shape index (κ1) is 21.0. The number of hydrogen-bond donors (Lipinski definition) is 4. The van der Waals surface area contributed by atoms with Crippen LogP contribution in [-0.4, -0.2) is 36.3 Å². The summed E-state index contributed by atoms with van der Waals surface area (Å²) in [5, 5.41) is 12.4. The molecule has 1 aromatic heterocycles. The van der Waals surface area contributed by atoms with Crippen LogP contribution in [0, 0.1) is 0 Å². The fourth-order valence-electron chi connectivity index (χ4n) is 2.91. The molecule has 12 heteroatoms. The SMILES string of the molecule is COc1c(Nc2cc(Cl)nc3c2NC(C)N3PI)cccc1/C(N)=N/N(C)N. The Bertz CT molecular complexity index is 912. The first-order valence-corrected chi connectivity index (χ1v) is 12.7. The molecule has 2 heterocycles. The van der Waals surface area contributed by atoms with Gasteiger partial charge in [0.1, 0.15) is 17.0 Å². The van der Waals surface area contributed by atoms with Gasteiger partial charge in [0.25, 0.3) is 0 Å². The monoisotopic (exact) mass is 534 g/mol. The molecule has 28 heavy (non-hydrogen) atoms. The summed E-state index contributed by atoms with van der Waals surface area (Å²) in [6, 6.07) is 7.34. The number of nitrogens with one attached hydrogen (secondary N) is 2. The number of nitrogens with zero attached hydrogens (tertiary/aromatic N) is 4. The minimum absolute atomic E-state index is 0.118. The zero-order valence-corrected chi connectivity index (χ0v) is 19.4. The van der Waals surface area contributed by atoms with E-state index in [1.165, 1.54) is 0 Å². The largest absolute Gasteiger partial charge is 0.494 e. The Morgan fingerprint density at radius 2 is 2.25 bits per heavy atom. The predicted molar refractivity (Wildman–Crippen MR) is 126 cm³/mol. The topological polar surface area (TPSA) is 117 Å². The fraction of sp³-hybridized carbons (Fsp3) is 0.250. The molecule has 9 nitrogen and oxygen atoms in total. The Morgan fingerprint density at radius 3 is 2.89 bits per heavy atom. The van der Waals surface area contributed by atoms with Gasteiger partial charge in [0.2, 0.25) is 0 Å². The van der Waals surface area contributed by atoms with Gasteiger partial charge < -0.3 is 25.8 Å². The summed E-state index contributed by atoms with van der Waals surface area (Å²) in [5.74, 6) is 7.18. The molecule has 1 aliphatic rings. The van der Waals surface area contributed by atoms with Crippen molar-refractivity contribution in [2.45, 2.75) is 13.1 Å². The summed E-state index contributed by atoms with van der Waals surface area (Å²) >= 11 is 8.61. The number of pyridine rings is 1. The second-order valence-corrected chi connectivity index (χ2v) is 8.52. The molecule has 0 radical (unpaired) electrons. The molecule has 2 atom stereocenters. The van der Waals surface area contributed by atoms with Gasteiger partial charge in [-0.1, -0.05) is 17.7 Å². The van der Waals surface area contributed by atoms with E-state index >= 15 is 0 Å². The molecular formula is C16H21ClIN8OP. The number of ether oxygens (including phenoxy) is 1. The van der Waals surface area contributed by atoms with E-state index in [2.05, 4.69) is 54.4 Å². The van der Waals surface area contributed by atoms with E-state index in [0.717, 1.165) is 22.3 Å². The van der Waals surface area contributed by atoms with Gasteiger partial charge in [-0.2, -0.15) is 0 Å². The van der Waals surface area contributed by atoms with Gasteiger partial charge in [-0.25, -0.2) is 15.9 Å². The van der Waals surface area contributed by atoms with Crippen LogP contribution >= 0.6 is 40.0 Å². The maximum absolute atomic E-state index is 6.28. The molecule has 0 saturated carbocycles. The number of halogens is 2. The van der Waals surface area contributed by atoms with Crippen molar-refractivity contribution in [1.82, 2.24) is 10.1 Å². The molecule has 0 bridgehead atoms. The van der Waals surface area contributed by atoms with E-state index in [4.69, 9.17) is 27.9 Å². The Labute approximate surface area is 183 Å². The number of methoxy groups -OCH3 is 1. The van der Waals surface area contributed by atoms with Crippen molar-refractivity contribution in [2.24, 2.45) is 16.7 Å². The van der Waals surface area contributed by atoms with Crippen LogP contribution in [-0.2, 0) is 0 Å². The zero-order valence-electron chi connectivity index (χ0n) is 15.5. The third-order valence-electron chi connectivity index (χ3n) is 4.06. The minimum atomic E-state index is 0.118. The van der Waals surface area contributed by atoms with Crippen molar-refractivity contribution < 1.29 is 4.74 Å². The summed E-state index contributed by atoms with van der Waals surface area (Å²) < 4.78 is 7.76. The predicted octanol–water partition coefficient (Wildman–Crippen LogP) is 3.43. The van der Waals surface area contributed by atoms with Crippen LogP contribution in [0.2, 0.25) is 5.15 Å². The highest BCUT2D eigenvalue weighted by Crippen LogP contribution is 2.48. The number of para-hydroxylation sites is 1. The average molecular weight is 535 g/mol. The highest BCUT2D eigenvalue weighted by atomic mass is 127. The molecule has 0 aliphatic carbocycles. The Kier molecular flexibility index (Phi) is 6.54. The van der Waals surface area contributed by atoms with Crippen molar-refractivity contribution in [3.63, 3.8) is 0 Å². The Balaban J connectivity index is 2.04. The van der Waals surface area contributed by atoms with E-state index in [-0.39, 0.29) is 12.0 Å². The Hall–Kier alpha value is -1.75. The molecule has 1 aliphatic heterocycles. The molecule has 0 fully saturated rings. The van der Waals surface area contributed by atoms with Gasteiger partial charge in [0.15, 0.2) is 17.4 Å². The maximum Gasteiger partial charge on any atom is 0.161 e. The van der Waals surface area contributed by atoms with Crippen LogP contribution in [0.1, 0.15) is 12.5 Å². The molecule has 2 unspecified atom stereocenters. The standard InChI is InChI=1S/C16H21ClIN8OP/c1-8-21-13-11(7-12(17)23-16(13)26(8)28-18)22-10-6-4-5-9(14(10)27-3)15(19)24-25(2)20/h4-8,21,28H,20H2,1-3H3,(H2,19,24)(H,22,23). The van der Waals surface area contributed by atoms with E-state index in [1.54, 1.807) is 20.2 Å². The summed E-state index contributed by atoms with van der Waals surface area (Å²) in [7, 11) is 3.17. The van der Waals surface area contributed by atoms with E-state index in [9.17, 15) is 0 Å². The van der Waals surface area contributed by atoms with Crippen LogP contribution in [0.3, 0.4) is 0 Å². The highest BCUT2D eigenvalue weighted by molar-refractivity contribution is 14.2. The molecule has 0 saturated heterocycles. The normalized spacial score (nSPS) is 16.3. The van der Waals surface area contributed by atoms with Crippen molar-refractivity contribution in [1.29, 1.82) is 0 Å². The number of amidine groups is 1. The number of hydrazine groups is 1. The van der Waals surface area contributed by atoms with Gasteiger partial charge >= 0.3 is 0 Å². The number of fused-ring (bicyclic) bond motifs is 1. The lowest BCUT2D eigenvalue weighted by Gasteiger charge is -2.19. The maximum atomic E-state index is 6.28. The highest BCUT2D eigenvalue weighted by Gasteiger charge is 2.29. The zero-order chi connectivity index (χ0) is 20.4. The van der Waals surface area contributed by atoms with E-state index < -0.39 is 0 Å². The number of anilines is 4. The first-order valence-electron chi connectivity index (χ1n) is 8.25. The average Bonchev–Trinajstić information content (AvgIpc) is 2.96. The van der Waals surface area contributed by atoms with Gasteiger partial charge in [0, 0.05) is 19.5 Å². The quantitative estimate of drug-likeness (QED) is 0.0847. The van der Waals surface area contributed by atoms with E-state index in [0.29, 0.717) is 28.5 Å². The van der Waals surface area contributed by atoms with Gasteiger partial charge in [0.05, 0.1) is 24.0 Å². The second kappa shape index (κ2) is 8.73. The smallest absolute Gasteiger partial charge is 0.161 e. The van der Waals surface area contributed by atoms with Crippen molar-refractivity contribution in [3.05, 3.63) is 35.0 Å². The molecule has 150 valence electrons. The second-order valence-electron chi connectivity index (χ2n) is 6.04. The van der Waals surface area contributed by atoms with Gasteiger partial charge in [-0.05, 0) is 41.1 Å². The van der Waals surface area contributed by atoms with Gasteiger partial charge in [-0.15, -0.1) is 5.10 Å².